The Labute approximate surface area is 215 Å². The van der Waals surface area contributed by atoms with Gasteiger partial charge in [-0.1, -0.05) is 32.0 Å². The van der Waals surface area contributed by atoms with Crippen LogP contribution in [0.1, 0.15) is 41.4 Å². The molecular weight excluding hydrogens is 505 g/mol. The van der Waals surface area contributed by atoms with Crippen molar-refractivity contribution < 1.29 is 41.3 Å². The molecule has 198 valence electrons. The van der Waals surface area contributed by atoms with Crippen LogP contribution in [0.3, 0.4) is 0 Å². The zero-order valence-corrected chi connectivity index (χ0v) is 20.8. The quantitative estimate of drug-likeness (QED) is 0.189. The second-order valence-corrected chi connectivity index (χ2v) is 8.53. The first-order chi connectivity index (χ1) is 18.0. The highest BCUT2D eigenvalue weighted by Crippen LogP contribution is 2.40. The second kappa shape index (κ2) is 10.5. The van der Waals surface area contributed by atoms with Gasteiger partial charge in [-0.25, -0.2) is 4.79 Å². The Hall–Kier alpha value is -4.47. The summed E-state index contributed by atoms with van der Waals surface area (Å²) in [5.74, 6) is -2.84. The van der Waals surface area contributed by atoms with Crippen LogP contribution in [0.15, 0.2) is 69.9 Å². The van der Waals surface area contributed by atoms with Gasteiger partial charge in [0.05, 0.1) is 25.2 Å². The van der Waals surface area contributed by atoms with Crippen molar-refractivity contribution in [3.05, 3.63) is 87.8 Å². The van der Waals surface area contributed by atoms with E-state index in [1.54, 1.807) is 24.3 Å². The molecule has 4 rings (SSSR count). The van der Waals surface area contributed by atoms with Gasteiger partial charge in [0.25, 0.3) is 5.76 Å². The summed E-state index contributed by atoms with van der Waals surface area (Å²) in [5.41, 5.74) is -0.754. The number of carbonyl (C=O) groups is 1. The van der Waals surface area contributed by atoms with Gasteiger partial charge in [-0.3, -0.25) is 4.79 Å². The molecule has 0 N–H and O–H groups in total. The van der Waals surface area contributed by atoms with Gasteiger partial charge in [0.2, 0.25) is 11.2 Å². The summed E-state index contributed by atoms with van der Waals surface area (Å²) in [6, 6.07) is 14.4. The number of rotatable bonds is 7. The summed E-state index contributed by atoms with van der Waals surface area (Å²) in [4.78, 5) is 25.9. The van der Waals surface area contributed by atoms with Crippen molar-refractivity contribution in [2.45, 2.75) is 25.9 Å². The van der Waals surface area contributed by atoms with Crippen LogP contribution in [0.5, 0.6) is 28.7 Å². The van der Waals surface area contributed by atoms with Gasteiger partial charge in [-0.15, -0.1) is 0 Å². The van der Waals surface area contributed by atoms with Gasteiger partial charge in [0.1, 0.15) is 28.6 Å². The third kappa shape index (κ3) is 5.44. The highest BCUT2D eigenvalue weighted by atomic mass is 19.4. The minimum Gasteiger partial charge on any atom is -0.497 e. The number of alkyl halides is 3. The largest absolute Gasteiger partial charge is 0.497 e. The molecule has 1 aromatic heterocycles. The van der Waals surface area contributed by atoms with Gasteiger partial charge in [-0.2, -0.15) is 13.2 Å². The Bertz CT molecular complexity index is 1530. The van der Waals surface area contributed by atoms with Crippen LogP contribution in [0.4, 0.5) is 13.2 Å². The molecule has 0 aliphatic heterocycles. The van der Waals surface area contributed by atoms with Crippen molar-refractivity contribution in [1.82, 2.24) is 0 Å². The molecule has 0 radical (unpaired) electrons. The molecule has 10 heteroatoms. The Morgan fingerprint density at radius 1 is 0.895 bits per heavy atom. The lowest BCUT2D eigenvalue weighted by atomic mass is 10.0. The summed E-state index contributed by atoms with van der Waals surface area (Å²) in [6.07, 6.45) is -5.04. The highest BCUT2D eigenvalue weighted by molar-refractivity contribution is 5.92. The first-order valence-corrected chi connectivity index (χ1v) is 11.4. The van der Waals surface area contributed by atoms with E-state index in [1.165, 1.54) is 44.6 Å². The number of esters is 1. The fourth-order valence-electron chi connectivity index (χ4n) is 3.75. The molecule has 0 aliphatic rings. The number of benzene rings is 3. The third-order valence-corrected chi connectivity index (χ3v) is 5.63. The lowest BCUT2D eigenvalue weighted by Crippen LogP contribution is -2.16. The topological polar surface area (TPSA) is 84.2 Å². The van der Waals surface area contributed by atoms with Crippen LogP contribution in [0.2, 0.25) is 0 Å². The molecule has 4 aromatic rings. The normalized spacial score (nSPS) is 11.5. The van der Waals surface area contributed by atoms with Crippen LogP contribution in [0, 0.1) is 0 Å². The molecule has 0 spiro atoms. The average molecular weight is 528 g/mol. The average Bonchev–Trinajstić information content (AvgIpc) is 2.89. The number of hydrogen-bond donors (Lipinski definition) is 0. The maximum absolute atomic E-state index is 14.0. The number of fused-ring (bicyclic) bond motifs is 1. The van der Waals surface area contributed by atoms with E-state index >= 15 is 0 Å². The van der Waals surface area contributed by atoms with Gasteiger partial charge in [-0.05, 0) is 41.8 Å². The molecule has 0 unspecified atom stereocenters. The Kier molecular flexibility index (Phi) is 7.34. The summed E-state index contributed by atoms with van der Waals surface area (Å²) in [6.45, 7) is 3.69. The molecule has 1 heterocycles. The highest BCUT2D eigenvalue weighted by Gasteiger charge is 2.40. The minimum absolute atomic E-state index is 0.0742. The number of halogens is 3. The molecule has 0 bridgehead atoms. The molecule has 7 nitrogen and oxygen atoms in total. The summed E-state index contributed by atoms with van der Waals surface area (Å²) >= 11 is 0. The van der Waals surface area contributed by atoms with E-state index in [4.69, 9.17) is 23.4 Å². The zero-order valence-electron chi connectivity index (χ0n) is 20.8. The lowest BCUT2D eigenvalue weighted by molar-refractivity contribution is -0.154. The van der Waals surface area contributed by atoms with Crippen LogP contribution < -0.4 is 24.4 Å². The fourth-order valence-corrected chi connectivity index (χ4v) is 3.75. The molecule has 38 heavy (non-hydrogen) atoms. The summed E-state index contributed by atoms with van der Waals surface area (Å²) < 4.78 is 68.2. The smallest absolute Gasteiger partial charge is 0.453 e. The van der Waals surface area contributed by atoms with Crippen LogP contribution >= 0.6 is 0 Å². The number of methoxy groups -OCH3 is 2. The molecule has 0 amide bonds. The van der Waals surface area contributed by atoms with E-state index in [0.717, 1.165) is 6.07 Å². The number of carbonyl (C=O) groups excluding carboxylic acids is 1. The van der Waals surface area contributed by atoms with Crippen molar-refractivity contribution >= 4 is 16.9 Å². The van der Waals surface area contributed by atoms with Crippen molar-refractivity contribution in [2.24, 2.45) is 0 Å². The first kappa shape index (κ1) is 26.6. The van der Waals surface area contributed by atoms with Crippen molar-refractivity contribution in [2.75, 3.05) is 14.2 Å². The maximum atomic E-state index is 14.0. The van der Waals surface area contributed by atoms with E-state index in [2.05, 4.69) is 0 Å². The number of ether oxygens (including phenoxy) is 4. The van der Waals surface area contributed by atoms with E-state index in [-0.39, 0.29) is 28.4 Å². The van der Waals surface area contributed by atoms with E-state index in [1.807, 2.05) is 13.8 Å². The molecular formula is C28H23F3O7. The van der Waals surface area contributed by atoms with Gasteiger partial charge >= 0.3 is 12.1 Å². The number of hydrogen-bond acceptors (Lipinski definition) is 7. The first-order valence-electron chi connectivity index (χ1n) is 11.4. The summed E-state index contributed by atoms with van der Waals surface area (Å²) in [5, 5.41) is -0.183. The Morgan fingerprint density at radius 3 is 2.16 bits per heavy atom. The minimum atomic E-state index is -5.04. The van der Waals surface area contributed by atoms with Gasteiger partial charge in [0.15, 0.2) is 0 Å². The van der Waals surface area contributed by atoms with Gasteiger partial charge < -0.3 is 23.4 Å². The zero-order chi connectivity index (χ0) is 27.6. The molecule has 0 saturated heterocycles. The molecule has 0 aliphatic carbocycles. The SMILES string of the molecule is COc1cc(OC)cc(C(=O)Oc2ccc3c(=O)c(Oc4ccccc4C(C)C)c(C(F)(F)F)oc3c2)c1. The predicted octanol–water partition coefficient (Wildman–Crippen LogP) is 6.96. The summed E-state index contributed by atoms with van der Waals surface area (Å²) in [7, 11) is 2.82. The maximum Gasteiger partial charge on any atom is 0.453 e. The van der Waals surface area contributed by atoms with Crippen LogP contribution in [0.25, 0.3) is 11.0 Å². The van der Waals surface area contributed by atoms with Crippen molar-refractivity contribution in [1.29, 1.82) is 0 Å². The monoisotopic (exact) mass is 528 g/mol. The fraction of sp³-hybridized carbons (Fsp3) is 0.214. The lowest BCUT2D eigenvalue weighted by Gasteiger charge is -2.16. The van der Waals surface area contributed by atoms with Crippen molar-refractivity contribution in [3.63, 3.8) is 0 Å². The van der Waals surface area contributed by atoms with Crippen LogP contribution in [-0.2, 0) is 6.18 Å². The van der Waals surface area contributed by atoms with Gasteiger partial charge in [0, 0.05) is 12.1 Å². The predicted molar refractivity (Wildman–Crippen MR) is 133 cm³/mol. The molecule has 3 aromatic carbocycles. The molecule has 0 saturated carbocycles. The molecule has 0 fully saturated rings. The number of para-hydroxylation sites is 1. The molecule has 0 atom stereocenters. The van der Waals surface area contributed by atoms with E-state index in [9.17, 15) is 22.8 Å². The van der Waals surface area contributed by atoms with E-state index in [0.29, 0.717) is 17.1 Å². The second-order valence-electron chi connectivity index (χ2n) is 8.53. The third-order valence-electron chi connectivity index (χ3n) is 5.63. The standard InChI is InChI=1S/C28H23F3O7/c1-15(2)20-7-5-6-8-22(20)37-25-24(32)21-10-9-17(14-23(21)38-26(25)28(29,30)31)36-27(33)16-11-18(34-3)13-19(12-16)35-4/h5-15H,1-4H3. The van der Waals surface area contributed by atoms with Crippen LogP contribution in [-0.4, -0.2) is 20.2 Å². The Morgan fingerprint density at radius 2 is 1.55 bits per heavy atom. The Balaban J connectivity index is 1.75. The van der Waals surface area contributed by atoms with Crippen molar-refractivity contribution in [3.8, 4) is 28.7 Å². The van der Waals surface area contributed by atoms with E-state index < -0.39 is 34.7 Å².